The molecule has 154 valence electrons. The lowest BCUT2D eigenvalue weighted by Gasteiger charge is -2.14. The summed E-state index contributed by atoms with van der Waals surface area (Å²) in [6, 6.07) is 5.99. The number of aldehydes is 1. The molecule has 1 N–H and O–H groups in total. The maximum atomic E-state index is 14.9. The quantitative estimate of drug-likeness (QED) is 0.509. The fraction of sp³-hybridized carbons (Fsp3) is 0.227. The van der Waals surface area contributed by atoms with E-state index in [9.17, 15) is 14.0 Å². The number of nitrogens with zero attached hydrogens (tertiary/aromatic N) is 3. The number of rotatable bonds is 4. The van der Waals surface area contributed by atoms with Gasteiger partial charge in [0.05, 0.1) is 17.8 Å². The number of imidazole rings is 1. The highest BCUT2D eigenvalue weighted by molar-refractivity contribution is 5.91. The molecule has 3 aromatic rings. The van der Waals surface area contributed by atoms with Crippen molar-refractivity contribution in [3.05, 3.63) is 59.8 Å². The molecule has 0 saturated carbocycles. The second-order valence-corrected chi connectivity index (χ2v) is 6.42. The van der Waals surface area contributed by atoms with Gasteiger partial charge >= 0.3 is 6.09 Å². The lowest BCUT2D eigenvalue weighted by Crippen LogP contribution is -2.24. The van der Waals surface area contributed by atoms with Crippen molar-refractivity contribution < 1.29 is 18.7 Å². The fourth-order valence-electron chi connectivity index (χ4n) is 3.18. The molecule has 0 radical (unpaired) electrons. The lowest BCUT2D eigenvalue weighted by molar-refractivity contribution is 0.112. The average Bonchev–Trinajstić information content (AvgIpc) is 3.40. The van der Waals surface area contributed by atoms with Gasteiger partial charge in [-0.15, -0.1) is 0 Å². The molecule has 0 bridgehead atoms. The van der Waals surface area contributed by atoms with Crippen molar-refractivity contribution in [2.45, 2.75) is 26.9 Å². The highest BCUT2D eigenvalue weighted by Gasteiger charge is 2.33. The van der Waals surface area contributed by atoms with Crippen LogP contribution in [0.1, 0.15) is 31.1 Å². The van der Waals surface area contributed by atoms with Gasteiger partial charge in [0, 0.05) is 35.3 Å². The molecule has 0 spiro atoms. The minimum atomic E-state index is -0.602. The molecule has 1 aliphatic rings. The molecule has 2 aromatic heterocycles. The molecular weight excluding hydrogens is 387 g/mol. The first-order valence-corrected chi connectivity index (χ1v) is 9.48. The maximum absolute atomic E-state index is 14.9. The van der Waals surface area contributed by atoms with E-state index >= 15 is 0 Å². The van der Waals surface area contributed by atoms with Crippen molar-refractivity contribution in [3.63, 3.8) is 0 Å². The Morgan fingerprint density at radius 1 is 1.37 bits per heavy atom. The number of carbonyl (C=O) groups excluding carboxylic acids is 2. The van der Waals surface area contributed by atoms with E-state index in [2.05, 4.69) is 10.9 Å². The van der Waals surface area contributed by atoms with E-state index in [0.29, 0.717) is 39.9 Å². The Morgan fingerprint density at radius 2 is 2.13 bits per heavy atom. The number of nitrogens with one attached hydrogen (secondary N) is 1. The molecule has 4 rings (SSSR count). The van der Waals surface area contributed by atoms with Crippen LogP contribution in [0.25, 0.3) is 16.8 Å². The van der Waals surface area contributed by atoms with Crippen LogP contribution in [0.2, 0.25) is 0 Å². The summed E-state index contributed by atoms with van der Waals surface area (Å²) in [4.78, 5) is 28.9. The number of halogens is 1. The standard InChI is InChI=1S/C20H15FN4O3.C2H6/c1-12(8-22)18-10-25(20(27)28-18)15-2-3-16(17(21)7-15)13-6-14(11-26)19-23-4-5-24(19)9-13;1-2/h2-7,9,11,18,22H,10H2,1H3;1-2H3. The smallest absolute Gasteiger partial charge is 0.415 e. The third kappa shape index (κ3) is 3.73. The molecule has 1 saturated heterocycles. The van der Waals surface area contributed by atoms with Crippen molar-refractivity contribution in [1.29, 1.82) is 5.41 Å². The Balaban J connectivity index is 0.00000124. The van der Waals surface area contributed by atoms with Gasteiger partial charge in [-0.3, -0.25) is 15.1 Å². The van der Waals surface area contributed by atoms with Crippen LogP contribution in [-0.4, -0.2) is 40.3 Å². The van der Waals surface area contributed by atoms with Gasteiger partial charge in [0.2, 0.25) is 0 Å². The minimum Gasteiger partial charge on any atom is -0.439 e. The number of cyclic esters (lactones) is 1. The Kier molecular flexibility index (Phi) is 6.09. The number of aromatic nitrogens is 2. The van der Waals surface area contributed by atoms with Gasteiger partial charge in [-0.25, -0.2) is 14.2 Å². The number of carbonyl (C=O) groups is 2. The molecule has 8 heteroatoms. The molecule has 1 aliphatic heterocycles. The van der Waals surface area contributed by atoms with Gasteiger partial charge in [0.15, 0.2) is 12.4 Å². The minimum absolute atomic E-state index is 0.186. The van der Waals surface area contributed by atoms with Crippen LogP contribution in [-0.2, 0) is 4.74 Å². The zero-order valence-electron chi connectivity index (χ0n) is 16.8. The van der Waals surface area contributed by atoms with Gasteiger partial charge < -0.3 is 9.14 Å². The molecule has 3 heterocycles. The number of fused-ring (bicyclic) bond motifs is 1. The van der Waals surface area contributed by atoms with E-state index in [0.717, 1.165) is 0 Å². The largest absolute Gasteiger partial charge is 0.439 e. The molecule has 1 aromatic carbocycles. The number of pyridine rings is 1. The second kappa shape index (κ2) is 8.71. The Morgan fingerprint density at radius 3 is 2.80 bits per heavy atom. The molecule has 30 heavy (non-hydrogen) atoms. The molecule has 0 aliphatic carbocycles. The average molecular weight is 408 g/mol. The first-order valence-electron chi connectivity index (χ1n) is 9.48. The SMILES string of the molecule is CC.CC(=C=N)C1CN(c2ccc(-c3cc(C=O)c4nccn4c3)c(F)c2)C(=O)O1. The van der Waals surface area contributed by atoms with Crippen LogP contribution >= 0.6 is 0 Å². The molecule has 7 nitrogen and oxygen atoms in total. The van der Waals surface area contributed by atoms with Crippen molar-refractivity contribution in [3.8, 4) is 11.1 Å². The highest BCUT2D eigenvalue weighted by Crippen LogP contribution is 2.30. The predicted molar refractivity (Wildman–Crippen MR) is 112 cm³/mol. The van der Waals surface area contributed by atoms with Crippen LogP contribution in [0, 0.1) is 11.2 Å². The van der Waals surface area contributed by atoms with E-state index in [-0.39, 0.29) is 6.54 Å². The topological polar surface area (TPSA) is 87.8 Å². The zero-order valence-corrected chi connectivity index (χ0v) is 16.8. The molecule has 1 atom stereocenters. The van der Waals surface area contributed by atoms with Gasteiger partial charge in [0.1, 0.15) is 11.5 Å². The van der Waals surface area contributed by atoms with E-state index < -0.39 is 18.0 Å². The van der Waals surface area contributed by atoms with Crippen molar-refractivity contribution in [2.24, 2.45) is 0 Å². The molecule has 1 fully saturated rings. The Hall–Kier alpha value is -3.77. The van der Waals surface area contributed by atoms with Crippen molar-refractivity contribution in [2.75, 3.05) is 11.4 Å². The summed E-state index contributed by atoms with van der Waals surface area (Å²) in [5.74, 6) is 1.68. The summed E-state index contributed by atoms with van der Waals surface area (Å²) >= 11 is 0. The third-order valence-electron chi connectivity index (χ3n) is 4.71. The van der Waals surface area contributed by atoms with Gasteiger partial charge in [-0.1, -0.05) is 13.8 Å². The van der Waals surface area contributed by atoms with Crippen LogP contribution < -0.4 is 4.90 Å². The van der Waals surface area contributed by atoms with Gasteiger partial charge in [-0.05, 0) is 37.1 Å². The number of ether oxygens (including phenoxy) is 1. The zero-order chi connectivity index (χ0) is 21.8. The summed E-state index contributed by atoms with van der Waals surface area (Å²) in [6.45, 7) is 5.83. The second-order valence-electron chi connectivity index (χ2n) is 6.42. The fourth-order valence-corrected chi connectivity index (χ4v) is 3.18. The number of hydrogen-bond donors (Lipinski definition) is 1. The predicted octanol–water partition coefficient (Wildman–Crippen LogP) is 4.50. The van der Waals surface area contributed by atoms with Crippen LogP contribution in [0.5, 0.6) is 0 Å². The first kappa shape index (κ1) is 21.0. The first-order chi connectivity index (χ1) is 14.5. The van der Waals surface area contributed by atoms with Crippen LogP contribution in [0.3, 0.4) is 0 Å². The summed E-state index contributed by atoms with van der Waals surface area (Å²) < 4.78 is 21.7. The number of benzene rings is 1. The third-order valence-corrected chi connectivity index (χ3v) is 4.71. The van der Waals surface area contributed by atoms with E-state index in [1.165, 1.54) is 11.0 Å². The maximum Gasteiger partial charge on any atom is 0.415 e. The summed E-state index contributed by atoms with van der Waals surface area (Å²) in [7, 11) is 0. The number of hydrogen-bond acceptors (Lipinski definition) is 5. The molecule has 1 unspecified atom stereocenters. The highest BCUT2D eigenvalue weighted by atomic mass is 19.1. The van der Waals surface area contributed by atoms with E-state index in [4.69, 9.17) is 10.1 Å². The Labute approximate surface area is 172 Å². The van der Waals surface area contributed by atoms with Crippen LogP contribution in [0.4, 0.5) is 14.9 Å². The summed E-state index contributed by atoms with van der Waals surface area (Å²) in [5, 5.41) is 7.16. The monoisotopic (exact) mass is 408 g/mol. The Bertz CT molecular complexity index is 1160. The van der Waals surface area contributed by atoms with Gasteiger partial charge in [0.25, 0.3) is 0 Å². The normalized spacial score (nSPS) is 15.3. The summed E-state index contributed by atoms with van der Waals surface area (Å²) in [5.41, 5.74) is 2.50. The van der Waals surface area contributed by atoms with Gasteiger partial charge in [-0.2, -0.15) is 0 Å². The van der Waals surface area contributed by atoms with E-state index in [1.54, 1.807) is 48.1 Å². The molecular formula is C22H21FN4O3. The summed E-state index contributed by atoms with van der Waals surface area (Å²) in [6.07, 6.45) is 4.42. The number of anilines is 1. The lowest BCUT2D eigenvalue weighted by atomic mass is 10.0. The van der Waals surface area contributed by atoms with Crippen molar-refractivity contribution in [1.82, 2.24) is 9.38 Å². The molecule has 1 amide bonds. The number of amides is 1. The van der Waals surface area contributed by atoms with E-state index in [1.807, 2.05) is 13.8 Å². The van der Waals surface area contributed by atoms with Crippen LogP contribution in [0.15, 0.2) is 48.4 Å². The van der Waals surface area contributed by atoms with Crippen molar-refractivity contribution >= 4 is 29.6 Å².